The molecule has 1 N–H and O–H groups in total. The fourth-order valence-corrected chi connectivity index (χ4v) is 1.55. The second kappa shape index (κ2) is 4.37. The first-order chi connectivity index (χ1) is 6.84. The lowest BCUT2D eigenvalue weighted by molar-refractivity contribution is 0.153. The molecule has 1 aliphatic heterocycles. The Kier molecular flexibility index (Phi) is 2.93. The van der Waals surface area contributed by atoms with Gasteiger partial charge in [-0.3, -0.25) is 0 Å². The van der Waals surface area contributed by atoms with Crippen molar-refractivity contribution in [2.75, 3.05) is 13.1 Å². The van der Waals surface area contributed by atoms with Crippen LogP contribution in [0.5, 0.6) is 6.01 Å². The normalized spacial score (nSPS) is 21.9. The van der Waals surface area contributed by atoms with E-state index in [2.05, 4.69) is 15.3 Å². The van der Waals surface area contributed by atoms with Crippen LogP contribution in [0.15, 0.2) is 12.3 Å². The highest BCUT2D eigenvalue weighted by atomic mass is 16.5. The topological polar surface area (TPSA) is 47.0 Å². The third-order valence-electron chi connectivity index (χ3n) is 2.30. The van der Waals surface area contributed by atoms with Crippen molar-refractivity contribution in [2.45, 2.75) is 25.9 Å². The predicted octanol–water partition coefficient (Wildman–Crippen LogP) is 0.916. The van der Waals surface area contributed by atoms with Crippen molar-refractivity contribution in [2.24, 2.45) is 0 Å². The lowest BCUT2D eigenvalue weighted by Crippen LogP contribution is -2.37. The summed E-state index contributed by atoms with van der Waals surface area (Å²) in [5, 5.41) is 3.29. The Labute approximate surface area is 83.7 Å². The van der Waals surface area contributed by atoms with E-state index in [1.54, 1.807) is 6.20 Å². The Morgan fingerprint density at radius 1 is 1.57 bits per heavy atom. The van der Waals surface area contributed by atoms with Crippen LogP contribution in [-0.2, 0) is 0 Å². The number of hydrogen-bond acceptors (Lipinski definition) is 4. The Morgan fingerprint density at radius 2 is 2.50 bits per heavy atom. The molecule has 1 saturated heterocycles. The number of rotatable bonds is 2. The predicted molar refractivity (Wildman–Crippen MR) is 53.3 cm³/mol. The van der Waals surface area contributed by atoms with Gasteiger partial charge in [0, 0.05) is 18.4 Å². The van der Waals surface area contributed by atoms with E-state index in [0.29, 0.717) is 6.01 Å². The monoisotopic (exact) mass is 193 g/mol. The first-order valence-corrected chi connectivity index (χ1v) is 5.01. The van der Waals surface area contributed by atoms with E-state index in [-0.39, 0.29) is 6.10 Å². The summed E-state index contributed by atoms with van der Waals surface area (Å²) in [4.78, 5) is 8.28. The molecule has 0 bridgehead atoms. The molecule has 1 fully saturated rings. The minimum atomic E-state index is 0.227. The molecule has 4 heteroatoms. The fourth-order valence-electron chi connectivity index (χ4n) is 1.55. The Bertz CT molecular complexity index is 297. The molecule has 0 saturated carbocycles. The summed E-state index contributed by atoms with van der Waals surface area (Å²) in [7, 11) is 0. The second-order valence-electron chi connectivity index (χ2n) is 3.57. The number of piperidine rings is 1. The SMILES string of the molecule is Cc1ccnc(OC2CCCNC2)n1. The van der Waals surface area contributed by atoms with Gasteiger partial charge in [0.2, 0.25) is 0 Å². The van der Waals surface area contributed by atoms with Crippen LogP contribution in [0.1, 0.15) is 18.5 Å². The van der Waals surface area contributed by atoms with E-state index in [9.17, 15) is 0 Å². The molecule has 14 heavy (non-hydrogen) atoms. The van der Waals surface area contributed by atoms with Crippen molar-refractivity contribution >= 4 is 0 Å². The minimum absolute atomic E-state index is 0.227. The molecule has 4 nitrogen and oxygen atoms in total. The van der Waals surface area contributed by atoms with E-state index in [1.165, 1.54) is 0 Å². The van der Waals surface area contributed by atoms with Crippen LogP contribution in [-0.4, -0.2) is 29.2 Å². The van der Waals surface area contributed by atoms with Crippen LogP contribution in [0.25, 0.3) is 0 Å². The van der Waals surface area contributed by atoms with Crippen LogP contribution >= 0.6 is 0 Å². The number of nitrogens with one attached hydrogen (secondary N) is 1. The van der Waals surface area contributed by atoms with Gasteiger partial charge in [-0.15, -0.1) is 0 Å². The quantitative estimate of drug-likeness (QED) is 0.758. The van der Waals surface area contributed by atoms with Gasteiger partial charge >= 0.3 is 6.01 Å². The van der Waals surface area contributed by atoms with Crippen LogP contribution in [0.4, 0.5) is 0 Å². The molecular weight excluding hydrogens is 178 g/mol. The van der Waals surface area contributed by atoms with Crippen LogP contribution in [0, 0.1) is 6.92 Å². The molecule has 1 aromatic heterocycles. The molecule has 1 aromatic rings. The molecule has 1 aliphatic rings. The summed E-state index contributed by atoms with van der Waals surface area (Å²) in [6.07, 6.45) is 4.21. The van der Waals surface area contributed by atoms with Gasteiger partial charge in [0.25, 0.3) is 0 Å². The third kappa shape index (κ3) is 2.42. The number of aryl methyl sites for hydroxylation is 1. The fraction of sp³-hybridized carbons (Fsp3) is 0.600. The molecule has 76 valence electrons. The van der Waals surface area contributed by atoms with E-state index < -0.39 is 0 Å². The molecule has 0 spiro atoms. The highest BCUT2D eigenvalue weighted by Crippen LogP contribution is 2.10. The molecule has 0 aromatic carbocycles. The zero-order chi connectivity index (χ0) is 9.80. The van der Waals surface area contributed by atoms with Crippen molar-refractivity contribution in [1.29, 1.82) is 0 Å². The van der Waals surface area contributed by atoms with Gasteiger partial charge in [-0.25, -0.2) is 9.97 Å². The standard InChI is InChI=1S/C10H15N3O/c1-8-4-6-12-10(13-8)14-9-3-2-5-11-7-9/h4,6,9,11H,2-3,5,7H2,1H3. The molecule has 1 unspecified atom stereocenters. The molecule has 2 rings (SSSR count). The highest BCUT2D eigenvalue weighted by Gasteiger charge is 2.15. The van der Waals surface area contributed by atoms with Crippen LogP contribution in [0.2, 0.25) is 0 Å². The lowest BCUT2D eigenvalue weighted by Gasteiger charge is -2.22. The average Bonchev–Trinajstić information content (AvgIpc) is 2.19. The van der Waals surface area contributed by atoms with Crippen molar-refractivity contribution in [3.63, 3.8) is 0 Å². The molecule has 1 atom stereocenters. The largest absolute Gasteiger partial charge is 0.459 e. The summed E-state index contributed by atoms with van der Waals surface area (Å²) in [5.74, 6) is 0. The van der Waals surface area contributed by atoms with Crippen LogP contribution in [0.3, 0.4) is 0 Å². The van der Waals surface area contributed by atoms with Crippen molar-refractivity contribution < 1.29 is 4.74 Å². The van der Waals surface area contributed by atoms with E-state index in [0.717, 1.165) is 31.6 Å². The summed E-state index contributed by atoms with van der Waals surface area (Å²) < 4.78 is 5.65. The molecule has 0 aliphatic carbocycles. The molecule has 2 heterocycles. The molecule has 0 radical (unpaired) electrons. The summed E-state index contributed by atoms with van der Waals surface area (Å²) in [5.41, 5.74) is 0.943. The number of ether oxygens (including phenoxy) is 1. The minimum Gasteiger partial charge on any atom is -0.459 e. The molecule has 0 amide bonds. The van der Waals surface area contributed by atoms with E-state index in [1.807, 2.05) is 13.0 Å². The first-order valence-electron chi connectivity index (χ1n) is 5.01. The van der Waals surface area contributed by atoms with E-state index >= 15 is 0 Å². The zero-order valence-corrected chi connectivity index (χ0v) is 8.36. The summed E-state index contributed by atoms with van der Waals surface area (Å²) in [6.45, 7) is 3.93. The number of aromatic nitrogens is 2. The Morgan fingerprint density at radius 3 is 3.21 bits per heavy atom. The first kappa shape index (κ1) is 9.40. The van der Waals surface area contributed by atoms with Gasteiger partial charge in [0.1, 0.15) is 6.10 Å². The van der Waals surface area contributed by atoms with Gasteiger partial charge in [-0.05, 0) is 32.4 Å². The lowest BCUT2D eigenvalue weighted by atomic mass is 10.1. The van der Waals surface area contributed by atoms with Gasteiger partial charge < -0.3 is 10.1 Å². The maximum atomic E-state index is 5.65. The second-order valence-corrected chi connectivity index (χ2v) is 3.57. The van der Waals surface area contributed by atoms with Gasteiger partial charge in [0.05, 0.1) is 0 Å². The zero-order valence-electron chi connectivity index (χ0n) is 8.36. The average molecular weight is 193 g/mol. The highest BCUT2D eigenvalue weighted by molar-refractivity contribution is 5.03. The third-order valence-corrected chi connectivity index (χ3v) is 2.30. The van der Waals surface area contributed by atoms with Crippen molar-refractivity contribution in [3.05, 3.63) is 18.0 Å². The number of hydrogen-bond donors (Lipinski definition) is 1. The van der Waals surface area contributed by atoms with Crippen molar-refractivity contribution in [1.82, 2.24) is 15.3 Å². The van der Waals surface area contributed by atoms with Gasteiger partial charge in [0.15, 0.2) is 0 Å². The summed E-state index contributed by atoms with van der Waals surface area (Å²) >= 11 is 0. The Hall–Kier alpha value is -1.16. The maximum Gasteiger partial charge on any atom is 0.316 e. The number of nitrogens with zero attached hydrogens (tertiary/aromatic N) is 2. The van der Waals surface area contributed by atoms with Crippen LogP contribution < -0.4 is 10.1 Å². The van der Waals surface area contributed by atoms with Gasteiger partial charge in [-0.2, -0.15) is 0 Å². The van der Waals surface area contributed by atoms with Gasteiger partial charge in [-0.1, -0.05) is 0 Å². The van der Waals surface area contributed by atoms with E-state index in [4.69, 9.17) is 4.74 Å². The summed E-state index contributed by atoms with van der Waals surface area (Å²) in [6, 6.07) is 2.37. The smallest absolute Gasteiger partial charge is 0.316 e. The Balaban J connectivity index is 1.95. The molecular formula is C10H15N3O. The maximum absolute atomic E-state index is 5.65. The van der Waals surface area contributed by atoms with Crippen molar-refractivity contribution in [3.8, 4) is 6.01 Å².